The largest absolute Gasteiger partial charge is 0.331 e. The molecule has 0 aliphatic heterocycles. The molecule has 1 unspecified atom stereocenters. The molecule has 0 saturated carbocycles. The quantitative estimate of drug-likeness (QED) is 0.855. The summed E-state index contributed by atoms with van der Waals surface area (Å²) in [6.45, 7) is 8.05. The molecule has 0 saturated heterocycles. The molecule has 2 N–H and O–H groups in total. The molecule has 3 heteroatoms. The Morgan fingerprint density at radius 2 is 1.57 bits per heavy atom. The zero-order valence-electron chi connectivity index (χ0n) is 13.0. The predicted molar refractivity (Wildman–Crippen MR) is 87.7 cm³/mol. The van der Waals surface area contributed by atoms with Crippen molar-refractivity contribution in [3.8, 4) is 0 Å². The van der Waals surface area contributed by atoms with Crippen LogP contribution in [-0.2, 0) is 0 Å². The van der Waals surface area contributed by atoms with Crippen LogP contribution in [0.1, 0.15) is 35.2 Å². The summed E-state index contributed by atoms with van der Waals surface area (Å²) in [5.41, 5.74) is 5.34. The Hall–Kier alpha value is -2.29. The lowest BCUT2D eigenvalue weighted by Gasteiger charge is -2.17. The number of amides is 2. The molecule has 2 aromatic carbocycles. The van der Waals surface area contributed by atoms with Crippen LogP contribution in [0.2, 0.25) is 0 Å². The lowest BCUT2D eigenvalue weighted by molar-refractivity contribution is 0.249. The molecule has 2 aromatic rings. The van der Waals surface area contributed by atoms with Crippen LogP contribution in [0.15, 0.2) is 42.5 Å². The van der Waals surface area contributed by atoms with Gasteiger partial charge in [0.2, 0.25) is 0 Å². The maximum Gasteiger partial charge on any atom is 0.319 e. The second-order valence-electron chi connectivity index (χ2n) is 5.50. The normalized spacial score (nSPS) is 11.8. The Kier molecular flexibility index (Phi) is 4.63. The van der Waals surface area contributed by atoms with Crippen molar-refractivity contribution in [3.05, 3.63) is 64.7 Å². The highest BCUT2D eigenvalue weighted by Gasteiger charge is 2.11. The van der Waals surface area contributed by atoms with Crippen molar-refractivity contribution in [1.82, 2.24) is 5.32 Å². The van der Waals surface area contributed by atoms with E-state index < -0.39 is 0 Å². The third-order valence-electron chi connectivity index (χ3n) is 3.56. The Bertz CT molecular complexity index is 612. The van der Waals surface area contributed by atoms with Gasteiger partial charge in [0.15, 0.2) is 0 Å². The lowest BCUT2D eigenvalue weighted by atomic mass is 10.1. The number of aryl methyl sites for hydroxylation is 3. The summed E-state index contributed by atoms with van der Waals surface area (Å²) >= 11 is 0. The van der Waals surface area contributed by atoms with Crippen molar-refractivity contribution < 1.29 is 4.79 Å². The Balaban J connectivity index is 2.06. The first-order valence-corrected chi connectivity index (χ1v) is 7.17. The zero-order chi connectivity index (χ0) is 15.4. The van der Waals surface area contributed by atoms with Gasteiger partial charge in [-0.3, -0.25) is 0 Å². The second kappa shape index (κ2) is 6.44. The average Bonchev–Trinajstić information content (AvgIpc) is 2.43. The van der Waals surface area contributed by atoms with Crippen molar-refractivity contribution in [2.24, 2.45) is 0 Å². The number of hydrogen-bond donors (Lipinski definition) is 2. The number of benzene rings is 2. The highest BCUT2D eigenvalue weighted by Crippen LogP contribution is 2.22. The van der Waals surface area contributed by atoms with Crippen molar-refractivity contribution in [2.45, 2.75) is 33.7 Å². The van der Waals surface area contributed by atoms with Crippen LogP contribution in [0.25, 0.3) is 0 Å². The van der Waals surface area contributed by atoms with E-state index in [4.69, 9.17) is 0 Å². The summed E-state index contributed by atoms with van der Waals surface area (Å²) < 4.78 is 0. The fourth-order valence-corrected chi connectivity index (χ4v) is 2.55. The summed E-state index contributed by atoms with van der Waals surface area (Å²) in [7, 11) is 0. The van der Waals surface area contributed by atoms with Gasteiger partial charge in [-0.15, -0.1) is 0 Å². The third kappa shape index (κ3) is 3.85. The van der Waals surface area contributed by atoms with Gasteiger partial charge in [-0.25, -0.2) is 4.79 Å². The van der Waals surface area contributed by atoms with Gasteiger partial charge in [0.25, 0.3) is 0 Å². The van der Waals surface area contributed by atoms with Gasteiger partial charge < -0.3 is 10.6 Å². The van der Waals surface area contributed by atoms with Crippen LogP contribution in [0.3, 0.4) is 0 Å². The first-order chi connectivity index (χ1) is 9.97. The zero-order valence-corrected chi connectivity index (χ0v) is 13.0. The van der Waals surface area contributed by atoms with E-state index in [1.54, 1.807) is 0 Å². The molecule has 0 heterocycles. The number of rotatable bonds is 3. The molecular weight excluding hydrogens is 260 g/mol. The minimum absolute atomic E-state index is 0.0303. The van der Waals surface area contributed by atoms with E-state index in [0.717, 1.165) is 22.4 Å². The van der Waals surface area contributed by atoms with Crippen molar-refractivity contribution in [2.75, 3.05) is 5.32 Å². The monoisotopic (exact) mass is 282 g/mol. The number of anilines is 1. The first-order valence-electron chi connectivity index (χ1n) is 7.17. The lowest BCUT2D eigenvalue weighted by Crippen LogP contribution is -2.31. The minimum Gasteiger partial charge on any atom is -0.331 e. The van der Waals surface area contributed by atoms with Crippen LogP contribution in [-0.4, -0.2) is 6.03 Å². The summed E-state index contributed by atoms with van der Waals surface area (Å²) in [6.07, 6.45) is 0. The van der Waals surface area contributed by atoms with E-state index in [9.17, 15) is 4.79 Å². The average molecular weight is 282 g/mol. The van der Waals surface area contributed by atoms with Gasteiger partial charge >= 0.3 is 6.03 Å². The molecule has 110 valence electrons. The molecule has 0 aliphatic rings. The number of urea groups is 1. The molecule has 3 nitrogen and oxygen atoms in total. The highest BCUT2D eigenvalue weighted by molar-refractivity contribution is 5.91. The van der Waals surface area contributed by atoms with Crippen LogP contribution in [0.5, 0.6) is 0 Å². The molecule has 0 spiro atoms. The summed E-state index contributed by atoms with van der Waals surface area (Å²) in [5, 5.41) is 5.92. The predicted octanol–water partition coefficient (Wildman–Crippen LogP) is 4.49. The fraction of sp³-hybridized carbons (Fsp3) is 0.278. The van der Waals surface area contributed by atoms with Crippen LogP contribution in [0, 0.1) is 20.8 Å². The van der Waals surface area contributed by atoms with E-state index >= 15 is 0 Å². The Morgan fingerprint density at radius 3 is 2.14 bits per heavy atom. The molecular formula is C18H22N2O. The van der Waals surface area contributed by atoms with E-state index in [2.05, 4.69) is 29.7 Å². The molecule has 21 heavy (non-hydrogen) atoms. The van der Waals surface area contributed by atoms with Gasteiger partial charge in [-0.2, -0.15) is 0 Å². The highest BCUT2D eigenvalue weighted by atomic mass is 16.2. The second-order valence-corrected chi connectivity index (χ2v) is 5.50. The molecule has 0 aromatic heterocycles. The van der Waals surface area contributed by atoms with Gasteiger partial charge in [-0.1, -0.05) is 48.0 Å². The van der Waals surface area contributed by atoms with Gasteiger partial charge in [-0.05, 0) is 44.4 Å². The van der Waals surface area contributed by atoms with E-state index in [0.29, 0.717) is 0 Å². The van der Waals surface area contributed by atoms with E-state index in [-0.39, 0.29) is 12.1 Å². The Labute approximate surface area is 126 Å². The number of carbonyl (C=O) groups is 1. The van der Waals surface area contributed by atoms with E-state index in [1.807, 2.05) is 51.1 Å². The summed E-state index contributed by atoms with van der Waals surface area (Å²) in [4.78, 5) is 12.2. The topological polar surface area (TPSA) is 41.1 Å². The molecule has 0 aliphatic carbocycles. The van der Waals surface area contributed by atoms with Crippen molar-refractivity contribution in [3.63, 3.8) is 0 Å². The molecule has 0 fully saturated rings. The number of hydrogen-bond acceptors (Lipinski definition) is 1. The van der Waals surface area contributed by atoms with Crippen LogP contribution >= 0.6 is 0 Å². The molecule has 2 rings (SSSR count). The van der Waals surface area contributed by atoms with Gasteiger partial charge in [0, 0.05) is 5.69 Å². The van der Waals surface area contributed by atoms with Crippen LogP contribution < -0.4 is 10.6 Å². The fourth-order valence-electron chi connectivity index (χ4n) is 2.55. The number of carbonyl (C=O) groups excluding carboxylic acids is 1. The molecule has 0 radical (unpaired) electrons. The summed E-state index contributed by atoms with van der Waals surface area (Å²) in [5.74, 6) is 0. The standard InChI is InChI=1S/C18H22N2O/c1-12-10-13(2)17(14(3)11-12)20-18(21)19-15(4)16-8-6-5-7-9-16/h5-11,15H,1-4H3,(H2,19,20,21). The first kappa shape index (κ1) is 15.1. The van der Waals surface area contributed by atoms with Crippen LogP contribution in [0.4, 0.5) is 10.5 Å². The van der Waals surface area contributed by atoms with E-state index in [1.165, 1.54) is 5.56 Å². The summed E-state index contributed by atoms with van der Waals surface area (Å²) in [6, 6.07) is 13.9. The molecule has 2 amide bonds. The smallest absolute Gasteiger partial charge is 0.319 e. The SMILES string of the molecule is Cc1cc(C)c(NC(=O)NC(C)c2ccccc2)c(C)c1. The van der Waals surface area contributed by atoms with Crippen molar-refractivity contribution >= 4 is 11.7 Å². The molecule has 1 atom stereocenters. The minimum atomic E-state index is -0.179. The maximum absolute atomic E-state index is 12.2. The Morgan fingerprint density at radius 1 is 1.00 bits per heavy atom. The molecule has 0 bridgehead atoms. The maximum atomic E-state index is 12.2. The van der Waals surface area contributed by atoms with Crippen molar-refractivity contribution in [1.29, 1.82) is 0 Å². The van der Waals surface area contributed by atoms with Gasteiger partial charge in [0.1, 0.15) is 0 Å². The van der Waals surface area contributed by atoms with Gasteiger partial charge in [0.05, 0.1) is 6.04 Å². The third-order valence-corrected chi connectivity index (χ3v) is 3.56. The number of nitrogens with one attached hydrogen (secondary N) is 2.